The van der Waals surface area contributed by atoms with Gasteiger partial charge < -0.3 is 10.2 Å². The Kier molecular flexibility index (Phi) is 9.28. The molecule has 0 unspecified atom stereocenters. The lowest BCUT2D eigenvalue weighted by Gasteiger charge is -2.25. The zero-order valence-corrected chi connectivity index (χ0v) is 26.4. The monoisotopic (exact) mass is 614 g/mol. The number of para-hydroxylation sites is 1. The molecular weight excluding hydrogens is 580 g/mol. The Bertz CT molecular complexity index is 1750. The highest BCUT2D eigenvalue weighted by Gasteiger charge is 2.28. The lowest BCUT2D eigenvalue weighted by molar-refractivity contribution is -0.120. The van der Waals surface area contributed by atoms with E-state index in [1.165, 1.54) is 11.3 Å². The standard InChI is InChI=1S/C34H35ClN4O3S/c1-5-22-8-7-9-23(6-2)31(22)39-29(18-21(3)4)26(33(41)38-16-14-30(40)36-15-17-38)19-27(34(39)42)32-37-28(20-43-32)24-10-12-25(35)13-11-24/h7-13,18-20H,5-6,14-17H2,1-4H3,(H,36,40). The number of halogens is 1. The molecule has 4 aromatic rings. The number of rotatable bonds is 7. The van der Waals surface area contributed by atoms with Gasteiger partial charge in [0.15, 0.2) is 0 Å². The molecule has 3 heterocycles. The van der Waals surface area contributed by atoms with E-state index in [4.69, 9.17) is 16.6 Å². The fraction of sp³-hybridized carbons (Fsp3) is 0.294. The predicted molar refractivity (Wildman–Crippen MR) is 175 cm³/mol. The fourth-order valence-corrected chi connectivity index (χ4v) is 6.35. The SMILES string of the molecule is CCc1cccc(CC)c1-n1c(C=C(C)C)c(C(=O)N2CCNC(=O)CC2)cc(-c2nc(-c3ccc(Cl)cc3)cs2)c1=O. The van der Waals surface area contributed by atoms with Crippen molar-refractivity contribution in [1.29, 1.82) is 0 Å². The van der Waals surface area contributed by atoms with Crippen LogP contribution in [0.25, 0.3) is 33.6 Å². The Balaban J connectivity index is 1.81. The van der Waals surface area contributed by atoms with Gasteiger partial charge in [0.25, 0.3) is 11.5 Å². The van der Waals surface area contributed by atoms with Gasteiger partial charge in [-0.3, -0.25) is 19.0 Å². The number of carbonyl (C=O) groups excluding carboxylic acids is 2. The van der Waals surface area contributed by atoms with Crippen LogP contribution < -0.4 is 10.9 Å². The van der Waals surface area contributed by atoms with Crippen LogP contribution in [0.5, 0.6) is 0 Å². The van der Waals surface area contributed by atoms with Gasteiger partial charge >= 0.3 is 0 Å². The molecule has 2 amide bonds. The van der Waals surface area contributed by atoms with Gasteiger partial charge in [-0.15, -0.1) is 11.3 Å². The Morgan fingerprint density at radius 1 is 1.05 bits per heavy atom. The molecule has 1 fully saturated rings. The van der Waals surface area contributed by atoms with Gasteiger partial charge in [0.2, 0.25) is 5.91 Å². The van der Waals surface area contributed by atoms with Crippen LogP contribution in [0.15, 0.2) is 64.3 Å². The molecule has 1 saturated heterocycles. The lowest BCUT2D eigenvalue weighted by Crippen LogP contribution is -2.36. The first-order valence-corrected chi connectivity index (χ1v) is 15.8. The molecular formula is C34H35ClN4O3S. The number of nitrogens with one attached hydrogen (secondary N) is 1. The van der Waals surface area contributed by atoms with E-state index < -0.39 is 0 Å². The third-order valence-electron chi connectivity index (χ3n) is 7.56. The van der Waals surface area contributed by atoms with Gasteiger partial charge in [0.05, 0.1) is 28.2 Å². The summed E-state index contributed by atoms with van der Waals surface area (Å²) in [5, 5.41) is 5.92. The number of amides is 2. The van der Waals surface area contributed by atoms with E-state index in [9.17, 15) is 14.4 Å². The number of aryl methyl sites for hydroxylation is 2. The van der Waals surface area contributed by atoms with Gasteiger partial charge in [0.1, 0.15) is 5.01 Å². The number of allylic oxidation sites excluding steroid dienone is 1. The minimum absolute atomic E-state index is 0.0764. The van der Waals surface area contributed by atoms with Gasteiger partial charge in [-0.25, -0.2) is 4.98 Å². The maximum absolute atomic E-state index is 14.7. The van der Waals surface area contributed by atoms with Gasteiger partial charge in [-0.1, -0.05) is 61.4 Å². The highest BCUT2D eigenvalue weighted by atomic mass is 35.5. The Morgan fingerprint density at radius 3 is 2.40 bits per heavy atom. The number of carbonyl (C=O) groups is 2. The second-order valence-electron chi connectivity index (χ2n) is 10.8. The third-order valence-corrected chi connectivity index (χ3v) is 8.69. The van der Waals surface area contributed by atoms with Crippen LogP contribution in [-0.2, 0) is 17.6 Å². The van der Waals surface area contributed by atoms with E-state index in [0.717, 1.165) is 46.5 Å². The summed E-state index contributed by atoms with van der Waals surface area (Å²) in [6.07, 6.45) is 3.57. The molecule has 2 aromatic carbocycles. The first-order valence-electron chi connectivity index (χ1n) is 14.6. The molecule has 9 heteroatoms. The molecule has 1 aliphatic heterocycles. The summed E-state index contributed by atoms with van der Waals surface area (Å²) in [6.45, 7) is 9.12. The topological polar surface area (TPSA) is 84.3 Å². The molecule has 0 atom stereocenters. The number of nitrogens with zero attached hydrogens (tertiary/aromatic N) is 3. The van der Waals surface area contributed by atoms with E-state index in [2.05, 4.69) is 19.2 Å². The number of benzene rings is 2. The van der Waals surface area contributed by atoms with E-state index >= 15 is 0 Å². The predicted octanol–water partition coefficient (Wildman–Crippen LogP) is 6.79. The van der Waals surface area contributed by atoms with E-state index in [-0.39, 0.29) is 23.8 Å². The second kappa shape index (κ2) is 13.1. The highest BCUT2D eigenvalue weighted by Crippen LogP contribution is 2.32. The van der Waals surface area contributed by atoms with Crippen molar-refractivity contribution in [2.75, 3.05) is 19.6 Å². The van der Waals surface area contributed by atoms with Crippen LogP contribution in [0, 0.1) is 0 Å². The molecule has 0 bridgehead atoms. The fourth-order valence-electron chi connectivity index (χ4n) is 5.39. The van der Waals surface area contributed by atoms with Crippen molar-refractivity contribution in [3.05, 3.63) is 97.2 Å². The first-order chi connectivity index (χ1) is 20.7. The van der Waals surface area contributed by atoms with Gasteiger partial charge in [0, 0.05) is 42.0 Å². The molecule has 5 rings (SSSR count). The van der Waals surface area contributed by atoms with Crippen molar-refractivity contribution in [1.82, 2.24) is 19.8 Å². The van der Waals surface area contributed by atoms with E-state index in [0.29, 0.717) is 46.5 Å². The van der Waals surface area contributed by atoms with Crippen LogP contribution in [0.1, 0.15) is 61.3 Å². The number of hydrogen-bond acceptors (Lipinski definition) is 5. The third kappa shape index (κ3) is 6.36. The van der Waals surface area contributed by atoms with Crippen molar-refractivity contribution in [2.45, 2.75) is 47.0 Å². The summed E-state index contributed by atoms with van der Waals surface area (Å²) < 4.78 is 1.72. The summed E-state index contributed by atoms with van der Waals surface area (Å²) in [4.78, 5) is 47.6. The lowest BCUT2D eigenvalue weighted by atomic mass is 9.99. The zero-order chi connectivity index (χ0) is 30.7. The second-order valence-corrected chi connectivity index (χ2v) is 12.1. The Morgan fingerprint density at radius 2 is 1.74 bits per heavy atom. The highest BCUT2D eigenvalue weighted by molar-refractivity contribution is 7.13. The molecule has 0 radical (unpaired) electrons. The summed E-state index contributed by atoms with van der Waals surface area (Å²) in [6, 6.07) is 15.2. The summed E-state index contributed by atoms with van der Waals surface area (Å²) in [5.41, 5.74) is 6.48. The largest absolute Gasteiger partial charge is 0.354 e. The molecule has 43 heavy (non-hydrogen) atoms. The van der Waals surface area contributed by atoms with Crippen LogP contribution in [0.3, 0.4) is 0 Å². The van der Waals surface area contributed by atoms with Crippen molar-refractivity contribution < 1.29 is 9.59 Å². The molecule has 1 N–H and O–H groups in total. The van der Waals surface area contributed by atoms with Crippen molar-refractivity contribution in [2.24, 2.45) is 0 Å². The molecule has 0 saturated carbocycles. The number of thiazole rings is 1. The van der Waals surface area contributed by atoms with Crippen molar-refractivity contribution in [3.63, 3.8) is 0 Å². The van der Waals surface area contributed by atoms with Crippen LogP contribution in [-0.4, -0.2) is 45.9 Å². The summed E-state index contributed by atoms with van der Waals surface area (Å²) >= 11 is 7.47. The van der Waals surface area contributed by atoms with Crippen LogP contribution in [0.4, 0.5) is 0 Å². The number of pyridine rings is 1. The van der Waals surface area contributed by atoms with E-state index in [1.54, 1.807) is 15.5 Å². The average Bonchev–Trinajstić information content (AvgIpc) is 3.38. The molecule has 7 nitrogen and oxygen atoms in total. The number of aromatic nitrogens is 2. The smallest absolute Gasteiger partial charge is 0.265 e. The summed E-state index contributed by atoms with van der Waals surface area (Å²) in [5.74, 6) is -0.298. The zero-order valence-electron chi connectivity index (χ0n) is 24.9. The maximum atomic E-state index is 14.7. The average molecular weight is 615 g/mol. The van der Waals surface area contributed by atoms with E-state index in [1.807, 2.05) is 67.8 Å². The van der Waals surface area contributed by atoms with Gasteiger partial charge in [-0.05, 0) is 62.1 Å². The quantitative estimate of drug-likeness (QED) is 0.248. The normalized spacial score (nSPS) is 13.4. The molecule has 0 aliphatic carbocycles. The molecule has 1 aliphatic rings. The summed E-state index contributed by atoms with van der Waals surface area (Å²) in [7, 11) is 0. The molecule has 2 aromatic heterocycles. The molecule has 0 spiro atoms. The minimum atomic E-state index is -0.232. The first kappa shape index (κ1) is 30.4. The van der Waals surface area contributed by atoms with Crippen molar-refractivity contribution >= 4 is 40.8 Å². The number of hydrogen-bond donors (Lipinski definition) is 1. The van der Waals surface area contributed by atoms with Gasteiger partial charge in [-0.2, -0.15) is 0 Å². The Hall–Kier alpha value is -4.01. The Labute approximate surface area is 260 Å². The van der Waals surface area contributed by atoms with Crippen LogP contribution >= 0.6 is 22.9 Å². The van der Waals surface area contributed by atoms with Crippen molar-refractivity contribution in [3.8, 4) is 27.5 Å². The maximum Gasteiger partial charge on any atom is 0.265 e. The van der Waals surface area contributed by atoms with Crippen LogP contribution in [0.2, 0.25) is 5.02 Å². The molecule has 222 valence electrons. The minimum Gasteiger partial charge on any atom is -0.354 e.